The summed E-state index contributed by atoms with van der Waals surface area (Å²) in [5, 5.41) is 3.31. The smallest absolute Gasteiger partial charge is 0.242 e. The van der Waals surface area contributed by atoms with Crippen molar-refractivity contribution in [3.63, 3.8) is 0 Å². The third-order valence-electron chi connectivity index (χ3n) is 5.59. The van der Waals surface area contributed by atoms with Crippen molar-refractivity contribution in [3.8, 4) is 5.75 Å². The minimum atomic E-state index is -3.58. The zero-order chi connectivity index (χ0) is 26.9. The minimum Gasteiger partial charge on any atom is -0.497 e. The van der Waals surface area contributed by atoms with E-state index in [1.807, 2.05) is 38.1 Å². The number of nitrogens with one attached hydrogen (secondary N) is 1. The molecule has 0 aromatic heterocycles. The maximum Gasteiger partial charge on any atom is 0.242 e. The third-order valence-corrected chi connectivity index (χ3v) is 7.02. The van der Waals surface area contributed by atoms with Crippen LogP contribution in [-0.2, 0) is 26.2 Å². The quantitative estimate of drug-likeness (QED) is 0.415. The first-order chi connectivity index (χ1) is 16.9. The average Bonchev–Trinajstić information content (AvgIpc) is 2.82. The molecule has 1 atom stereocenters. The summed E-state index contributed by atoms with van der Waals surface area (Å²) in [6.45, 7) is 6.52. The molecule has 1 N–H and O–H groups in total. The SMILES string of the molecule is COc1cccc(CN(C(=O)CCCN(c2cccc(Cl)c2)S(C)(=O)=O)C(C)C(=O)NCC(C)C)c1. The fourth-order valence-corrected chi connectivity index (χ4v) is 4.78. The minimum absolute atomic E-state index is 0.0678. The third kappa shape index (κ3) is 9.02. The van der Waals surface area contributed by atoms with Gasteiger partial charge in [-0.1, -0.05) is 43.6 Å². The molecule has 2 amide bonds. The van der Waals surface area contributed by atoms with E-state index in [4.69, 9.17) is 16.3 Å². The number of nitrogens with zero attached hydrogens (tertiary/aromatic N) is 2. The molecule has 8 nitrogen and oxygen atoms in total. The van der Waals surface area contributed by atoms with Gasteiger partial charge in [0.05, 0.1) is 19.1 Å². The van der Waals surface area contributed by atoms with Crippen molar-refractivity contribution in [2.75, 3.05) is 30.8 Å². The highest BCUT2D eigenvalue weighted by atomic mass is 35.5. The first-order valence-electron chi connectivity index (χ1n) is 11.9. The van der Waals surface area contributed by atoms with Crippen LogP contribution < -0.4 is 14.4 Å². The number of hydrogen-bond donors (Lipinski definition) is 1. The molecule has 0 aliphatic rings. The number of carbonyl (C=O) groups excluding carboxylic acids is 2. The van der Waals surface area contributed by atoms with Gasteiger partial charge >= 0.3 is 0 Å². The number of benzene rings is 2. The standard InChI is InChI=1S/C26H36ClN3O5S/c1-19(2)17-28-26(32)20(3)29(18-21-9-6-12-24(15-21)35-4)25(31)13-8-14-30(36(5,33)34)23-11-7-10-22(27)16-23/h6-7,9-12,15-16,19-20H,8,13-14,17-18H2,1-5H3,(H,28,32). The summed E-state index contributed by atoms with van der Waals surface area (Å²) >= 11 is 6.04. The van der Waals surface area contributed by atoms with E-state index in [-0.39, 0.29) is 43.7 Å². The Kier molecular flexibility index (Phi) is 11.0. The van der Waals surface area contributed by atoms with Gasteiger partial charge in [0, 0.05) is 31.1 Å². The van der Waals surface area contributed by atoms with E-state index >= 15 is 0 Å². The van der Waals surface area contributed by atoms with Gasteiger partial charge in [0.15, 0.2) is 0 Å². The Bertz CT molecular complexity index is 1140. The highest BCUT2D eigenvalue weighted by Gasteiger charge is 2.27. The van der Waals surface area contributed by atoms with Crippen molar-refractivity contribution >= 4 is 39.1 Å². The second-order valence-corrected chi connectivity index (χ2v) is 11.4. The Hall–Kier alpha value is -2.78. The normalized spacial score (nSPS) is 12.2. The first kappa shape index (κ1) is 29.5. The molecule has 0 saturated carbocycles. The zero-order valence-electron chi connectivity index (χ0n) is 21.5. The molecule has 0 heterocycles. The summed E-state index contributed by atoms with van der Waals surface area (Å²) in [7, 11) is -2.02. The summed E-state index contributed by atoms with van der Waals surface area (Å²) in [6.07, 6.45) is 1.46. The molecule has 2 rings (SSSR count). The Morgan fingerprint density at radius 3 is 2.39 bits per heavy atom. The van der Waals surface area contributed by atoms with Gasteiger partial charge in [0.1, 0.15) is 11.8 Å². The second kappa shape index (κ2) is 13.5. The highest BCUT2D eigenvalue weighted by Crippen LogP contribution is 2.23. The molecule has 0 aliphatic heterocycles. The van der Waals surface area contributed by atoms with Crippen LogP contribution in [0.25, 0.3) is 0 Å². The predicted octanol–water partition coefficient (Wildman–Crippen LogP) is 4.08. The van der Waals surface area contributed by atoms with Gasteiger partial charge in [-0.3, -0.25) is 13.9 Å². The fraction of sp³-hybridized carbons (Fsp3) is 0.462. The number of halogens is 1. The van der Waals surface area contributed by atoms with E-state index in [0.29, 0.717) is 23.0 Å². The molecule has 2 aromatic rings. The number of methoxy groups -OCH3 is 1. The van der Waals surface area contributed by atoms with Crippen LogP contribution in [0.15, 0.2) is 48.5 Å². The van der Waals surface area contributed by atoms with Crippen LogP contribution in [0, 0.1) is 5.92 Å². The molecule has 2 aromatic carbocycles. The van der Waals surface area contributed by atoms with Gasteiger partial charge in [-0.15, -0.1) is 0 Å². The topological polar surface area (TPSA) is 96.0 Å². The van der Waals surface area contributed by atoms with E-state index in [9.17, 15) is 18.0 Å². The van der Waals surface area contributed by atoms with E-state index in [0.717, 1.165) is 11.8 Å². The summed E-state index contributed by atoms with van der Waals surface area (Å²) in [5.74, 6) is 0.445. The summed E-state index contributed by atoms with van der Waals surface area (Å²) in [6, 6.07) is 13.2. The number of carbonyl (C=O) groups is 2. The lowest BCUT2D eigenvalue weighted by Gasteiger charge is -2.30. The molecule has 0 radical (unpaired) electrons. The van der Waals surface area contributed by atoms with Crippen LogP contribution in [0.5, 0.6) is 5.75 Å². The Morgan fingerprint density at radius 1 is 1.08 bits per heavy atom. The van der Waals surface area contributed by atoms with Gasteiger partial charge in [-0.2, -0.15) is 0 Å². The molecule has 0 aliphatic carbocycles. The van der Waals surface area contributed by atoms with Crippen molar-refractivity contribution < 1.29 is 22.7 Å². The molecular weight excluding hydrogens is 502 g/mol. The fourth-order valence-electron chi connectivity index (χ4n) is 3.64. The molecule has 10 heteroatoms. The highest BCUT2D eigenvalue weighted by molar-refractivity contribution is 7.92. The first-order valence-corrected chi connectivity index (χ1v) is 14.1. The van der Waals surface area contributed by atoms with Gasteiger partial charge in [0.25, 0.3) is 0 Å². The number of sulfonamides is 1. The van der Waals surface area contributed by atoms with E-state index in [1.165, 1.54) is 9.21 Å². The Balaban J connectivity index is 2.18. The molecule has 198 valence electrons. The number of amides is 2. The van der Waals surface area contributed by atoms with Crippen LogP contribution in [0.3, 0.4) is 0 Å². The van der Waals surface area contributed by atoms with Gasteiger partial charge < -0.3 is 15.0 Å². The van der Waals surface area contributed by atoms with Crippen LogP contribution in [-0.4, -0.2) is 57.6 Å². The van der Waals surface area contributed by atoms with E-state index in [1.54, 1.807) is 38.3 Å². The lowest BCUT2D eigenvalue weighted by atomic mass is 10.1. The van der Waals surface area contributed by atoms with Crippen LogP contribution in [0.4, 0.5) is 5.69 Å². The Labute approximate surface area is 219 Å². The van der Waals surface area contributed by atoms with Gasteiger partial charge in [-0.25, -0.2) is 8.42 Å². The summed E-state index contributed by atoms with van der Waals surface area (Å²) < 4.78 is 31.3. The molecule has 1 unspecified atom stereocenters. The molecule has 0 saturated heterocycles. The number of ether oxygens (including phenoxy) is 1. The Morgan fingerprint density at radius 2 is 1.78 bits per heavy atom. The molecular formula is C26H36ClN3O5S. The molecule has 0 fully saturated rings. The number of hydrogen-bond acceptors (Lipinski definition) is 5. The van der Waals surface area contributed by atoms with Crippen LogP contribution >= 0.6 is 11.6 Å². The van der Waals surface area contributed by atoms with Crippen molar-refractivity contribution in [2.24, 2.45) is 5.92 Å². The maximum atomic E-state index is 13.3. The monoisotopic (exact) mass is 537 g/mol. The summed E-state index contributed by atoms with van der Waals surface area (Å²) in [4.78, 5) is 27.7. The number of anilines is 1. The predicted molar refractivity (Wildman–Crippen MR) is 144 cm³/mol. The molecule has 36 heavy (non-hydrogen) atoms. The number of rotatable bonds is 13. The van der Waals surface area contributed by atoms with E-state index < -0.39 is 16.1 Å². The van der Waals surface area contributed by atoms with Gasteiger partial charge in [0.2, 0.25) is 21.8 Å². The van der Waals surface area contributed by atoms with Crippen LogP contribution in [0.1, 0.15) is 39.2 Å². The van der Waals surface area contributed by atoms with Crippen molar-refractivity contribution in [1.29, 1.82) is 0 Å². The zero-order valence-corrected chi connectivity index (χ0v) is 23.1. The lowest BCUT2D eigenvalue weighted by Crippen LogP contribution is -2.48. The van der Waals surface area contributed by atoms with E-state index in [2.05, 4.69) is 5.32 Å². The lowest BCUT2D eigenvalue weighted by molar-refractivity contribution is -0.140. The molecule has 0 spiro atoms. The largest absolute Gasteiger partial charge is 0.497 e. The van der Waals surface area contributed by atoms with Crippen LogP contribution in [0.2, 0.25) is 5.02 Å². The van der Waals surface area contributed by atoms with Gasteiger partial charge in [-0.05, 0) is 55.2 Å². The average molecular weight is 538 g/mol. The molecule has 0 bridgehead atoms. The second-order valence-electron chi connectivity index (χ2n) is 9.11. The van der Waals surface area contributed by atoms with Crippen molar-refractivity contribution in [1.82, 2.24) is 10.2 Å². The van der Waals surface area contributed by atoms with Crippen molar-refractivity contribution in [3.05, 3.63) is 59.1 Å². The summed E-state index contributed by atoms with van der Waals surface area (Å²) in [5.41, 5.74) is 1.26. The maximum absolute atomic E-state index is 13.3. The van der Waals surface area contributed by atoms with Crippen molar-refractivity contribution in [2.45, 2.75) is 46.2 Å².